The number of alkyl halides is 3. The first-order chi connectivity index (χ1) is 12.0. The van der Waals surface area contributed by atoms with Crippen LogP contribution in [-0.4, -0.2) is 48.7 Å². The van der Waals surface area contributed by atoms with Crippen molar-refractivity contribution in [1.29, 1.82) is 0 Å². The molecule has 1 aliphatic rings. The smallest absolute Gasteiger partial charge is 0.401 e. The van der Waals surface area contributed by atoms with Crippen LogP contribution in [-0.2, 0) is 6.54 Å². The van der Waals surface area contributed by atoms with E-state index in [1.807, 2.05) is 42.5 Å². The Labute approximate surface area is 143 Å². The van der Waals surface area contributed by atoms with Crippen molar-refractivity contribution in [2.75, 3.05) is 32.7 Å². The van der Waals surface area contributed by atoms with Crippen molar-refractivity contribution in [3.63, 3.8) is 0 Å². The lowest BCUT2D eigenvalue weighted by Crippen LogP contribution is -2.48. The molecule has 0 spiro atoms. The predicted molar refractivity (Wildman–Crippen MR) is 91.5 cm³/mol. The number of furan rings is 1. The van der Waals surface area contributed by atoms with E-state index in [0.717, 1.165) is 27.5 Å². The molecule has 1 aromatic heterocycles. The number of hydrogen-bond donors (Lipinski definition) is 0. The molecule has 3 aromatic rings. The SMILES string of the molecule is FC(F)(F)CN1CCN(Cc2cccc3c2oc2ccccc23)CC1. The zero-order valence-electron chi connectivity index (χ0n) is 13.7. The highest BCUT2D eigenvalue weighted by Crippen LogP contribution is 2.31. The molecule has 1 saturated heterocycles. The summed E-state index contributed by atoms with van der Waals surface area (Å²) in [5.41, 5.74) is 2.82. The Morgan fingerprint density at radius 1 is 0.840 bits per heavy atom. The quantitative estimate of drug-likeness (QED) is 0.705. The molecule has 25 heavy (non-hydrogen) atoms. The van der Waals surface area contributed by atoms with Crippen LogP contribution in [0.2, 0.25) is 0 Å². The molecule has 132 valence electrons. The second-order valence-corrected chi connectivity index (χ2v) is 6.56. The van der Waals surface area contributed by atoms with Crippen molar-refractivity contribution in [2.24, 2.45) is 0 Å². The van der Waals surface area contributed by atoms with Gasteiger partial charge in [-0.05, 0) is 6.07 Å². The Morgan fingerprint density at radius 2 is 1.52 bits per heavy atom. The fourth-order valence-electron chi connectivity index (χ4n) is 3.53. The summed E-state index contributed by atoms with van der Waals surface area (Å²) in [5, 5.41) is 2.18. The zero-order chi connectivity index (χ0) is 17.4. The molecule has 2 heterocycles. The van der Waals surface area contributed by atoms with Crippen molar-refractivity contribution >= 4 is 21.9 Å². The number of halogens is 3. The van der Waals surface area contributed by atoms with Crippen LogP contribution in [0.5, 0.6) is 0 Å². The fraction of sp³-hybridized carbons (Fsp3) is 0.368. The Bertz CT molecular complexity index is 879. The largest absolute Gasteiger partial charge is 0.456 e. The lowest BCUT2D eigenvalue weighted by molar-refractivity contribution is -0.149. The number of hydrogen-bond acceptors (Lipinski definition) is 3. The minimum atomic E-state index is -4.12. The Hall–Kier alpha value is -2.05. The van der Waals surface area contributed by atoms with Crippen molar-refractivity contribution in [3.8, 4) is 0 Å². The molecular weight excluding hydrogens is 329 g/mol. The van der Waals surface area contributed by atoms with E-state index >= 15 is 0 Å². The molecule has 6 heteroatoms. The number of para-hydroxylation sites is 2. The molecule has 4 rings (SSSR count). The summed E-state index contributed by atoms with van der Waals surface area (Å²) in [7, 11) is 0. The molecule has 0 aliphatic carbocycles. The summed E-state index contributed by atoms with van der Waals surface area (Å²) in [5.74, 6) is 0. The lowest BCUT2D eigenvalue weighted by Gasteiger charge is -2.34. The summed E-state index contributed by atoms with van der Waals surface area (Å²) in [6.45, 7) is 2.02. The van der Waals surface area contributed by atoms with Crippen LogP contribution in [0.3, 0.4) is 0 Å². The Kier molecular flexibility index (Phi) is 4.17. The fourth-order valence-corrected chi connectivity index (χ4v) is 3.53. The van der Waals surface area contributed by atoms with E-state index in [-0.39, 0.29) is 0 Å². The van der Waals surface area contributed by atoms with Crippen molar-refractivity contribution < 1.29 is 17.6 Å². The maximum atomic E-state index is 12.5. The van der Waals surface area contributed by atoms with E-state index in [1.165, 1.54) is 4.90 Å². The van der Waals surface area contributed by atoms with E-state index in [4.69, 9.17) is 4.42 Å². The van der Waals surface area contributed by atoms with Gasteiger partial charge in [0.1, 0.15) is 11.2 Å². The molecule has 1 aliphatic heterocycles. The third-order valence-corrected chi connectivity index (χ3v) is 4.75. The molecule has 0 bridgehead atoms. The van der Waals surface area contributed by atoms with Crippen molar-refractivity contribution in [3.05, 3.63) is 48.0 Å². The standard InChI is InChI=1S/C19H19F3N2O/c20-19(21,22)13-24-10-8-23(9-11-24)12-14-4-3-6-16-15-5-1-2-7-17(15)25-18(14)16/h1-7H,8-13H2. The van der Waals surface area contributed by atoms with Crippen LogP contribution in [0.4, 0.5) is 13.2 Å². The number of piperazine rings is 1. The van der Waals surface area contributed by atoms with Crippen LogP contribution >= 0.6 is 0 Å². The maximum Gasteiger partial charge on any atom is 0.401 e. The Balaban J connectivity index is 1.50. The van der Waals surface area contributed by atoms with E-state index in [1.54, 1.807) is 0 Å². The summed E-state index contributed by atoms with van der Waals surface area (Å²) in [4.78, 5) is 3.66. The van der Waals surface area contributed by atoms with Gasteiger partial charge >= 0.3 is 6.18 Å². The van der Waals surface area contributed by atoms with Gasteiger partial charge in [-0.15, -0.1) is 0 Å². The molecule has 0 radical (unpaired) electrons. The molecule has 1 fully saturated rings. The predicted octanol–water partition coefficient (Wildman–Crippen LogP) is 4.27. The molecule has 0 saturated carbocycles. The second kappa shape index (κ2) is 6.35. The molecule has 2 aromatic carbocycles. The number of rotatable bonds is 3. The first-order valence-electron chi connectivity index (χ1n) is 8.40. The topological polar surface area (TPSA) is 19.6 Å². The Morgan fingerprint density at radius 3 is 2.28 bits per heavy atom. The third kappa shape index (κ3) is 3.50. The third-order valence-electron chi connectivity index (χ3n) is 4.75. The van der Waals surface area contributed by atoms with Gasteiger partial charge in [0, 0.05) is 49.1 Å². The van der Waals surface area contributed by atoms with Gasteiger partial charge in [0.05, 0.1) is 6.54 Å². The van der Waals surface area contributed by atoms with Gasteiger partial charge in [0.15, 0.2) is 0 Å². The minimum Gasteiger partial charge on any atom is -0.456 e. The zero-order valence-corrected chi connectivity index (χ0v) is 13.7. The average Bonchev–Trinajstić information content (AvgIpc) is 2.95. The lowest BCUT2D eigenvalue weighted by atomic mass is 10.1. The highest BCUT2D eigenvalue weighted by Gasteiger charge is 2.32. The van der Waals surface area contributed by atoms with E-state index in [9.17, 15) is 13.2 Å². The monoisotopic (exact) mass is 348 g/mol. The van der Waals surface area contributed by atoms with Gasteiger partial charge in [-0.25, -0.2) is 0 Å². The average molecular weight is 348 g/mol. The normalized spacial score (nSPS) is 17.6. The minimum absolute atomic E-state index is 0.440. The van der Waals surface area contributed by atoms with Gasteiger partial charge in [-0.3, -0.25) is 9.80 Å². The van der Waals surface area contributed by atoms with Crippen LogP contribution in [0.1, 0.15) is 5.56 Å². The highest BCUT2D eigenvalue weighted by molar-refractivity contribution is 6.05. The molecule has 0 amide bonds. The van der Waals surface area contributed by atoms with Gasteiger partial charge in [0.2, 0.25) is 0 Å². The summed E-state index contributed by atoms with van der Waals surface area (Å²) in [6.07, 6.45) is -4.12. The summed E-state index contributed by atoms with van der Waals surface area (Å²) in [6, 6.07) is 14.0. The van der Waals surface area contributed by atoms with Gasteiger partial charge in [-0.1, -0.05) is 36.4 Å². The first kappa shape index (κ1) is 16.4. The van der Waals surface area contributed by atoms with Gasteiger partial charge in [-0.2, -0.15) is 13.2 Å². The maximum absolute atomic E-state index is 12.5. The van der Waals surface area contributed by atoms with Gasteiger partial charge in [0.25, 0.3) is 0 Å². The molecule has 0 atom stereocenters. The molecule has 3 nitrogen and oxygen atoms in total. The first-order valence-corrected chi connectivity index (χ1v) is 8.40. The number of nitrogens with zero attached hydrogens (tertiary/aromatic N) is 2. The van der Waals surface area contributed by atoms with Crippen LogP contribution in [0.25, 0.3) is 21.9 Å². The highest BCUT2D eigenvalue weighted by atomic mass is 19.4. The summed E-state index contributed by atoms with van der Waals surface area (Å²) >= 11 is 0. The van der Waals surface area contributed by atoms with Gasteiger partial charge < -0.3 is 4.42 Å². The number of fused-ring (bicyclic) bond motifs is 3. The van der Waals surface area contributed by atoms with E-state index in [2.05, 4.69) is 4.90 Å². The van der Waals surface area contributed by atoms with Crippen molar-refractivity contribution in [1.82, 2.24) is 9.80 Å². The van der Waals surface area contributed by atoms with Crippen LogP contribution in [0, 0.1) is 0 Å². The van der Waals surface area contributed by atoms with E-state index < -0.39 is 12.7 Å². The van der Waals surface area contributed by atoms with Crippen LogP contribution in [0.15, 0.2) is 46.9 Å². The second-order valence-electron chi connectivity index (χ2n) is 6.56. The molecule has 0 N–H and O–H groups in total. The molecular formula is C19H19F3N2O. The molecule has 0 unspecified atom stereocenters. The van der Waals surface area contributed by atoms with Crippen molar-refractivity contribution in [2.45, 2.75) is 12.7 Å². The van der Waals surface area contributed by atoms with E-state index in [0.29, 0.717) is 32.7 Å². The summed E-state index contributed by atoms with van der Waals surface area (Å²) < 4.78 is 43.5. The number of benzene rings is 2. The van der Waals surface area contributed by atoms with Crippen LogP contribution < -0.4 is 0 Å².